The van der Waals surface area contributed by atoms with Crippen LogP contribution >= 0.6 is 0 Å². The number of aromatic nitrogens is 2. The summed E-state index contributed by atoms with van der Waals surface area (Å²) < 4.78 is 19.3. The van der Waals surface area contributed by atoms with E-state index < -0.39 is 17.4 Å². The molecule has 0 unspecified atom stereocenters. The standard InChI is InChI=1S/C18H21FN4O2/c19-13-6-2-3-7-14(13)20-17(24)22-18(10-4-1-5-11-18)16-21-15(23-25-16)12-8-9-12/h2-3,6-7,12H,1,4-5,8-11H2,(H2,20,22,24). The number of halogens is 1. The van der Waals surface area contributed by atoms with E-state index in [9.17, 15) is 9.18 Å². The molecule has 4 rings (SSSR count). The van der Waals surface area contributed by atoms with Crippen molar-refractivity contribution in [1.29, 1.82) is 0 Å². The summed E-state index contributed by atoms with van der Waals surface area (Å²) in [5.41, 5.74) is -0.525. The SMILES string of the molecule is O=C(Nc1ccccc1F)NC1(c2nc(C3CC3)no2)CCCCC1. The fourth-order valence-electron chi connectivity index (χ4n) is 3.42. The monoisotopic (exact) mass is 344 g/mol. The molecule has 2 aliphatic carbocycles. The molecule has 0 spiro atoms. The van der Waals surface area contributed by atoms with Crippen molar-refractivity contribution < 1.29 is 13.7 Å². The molecule has 1 aromatic carbocycles. The summed E-state index contributed by atoms with van der Waals surface area (Å²) >= 11 is 0. The molecule has 2 N–H and O–H groups in total. The Labute approximate surface area is 145 Å². The molecule has 2 amide bonds. The van der Waals surface area contributed by atoms with Gasteiger partial charge in [0, 0.05) is 5.92 Å². The van der Waals surface area contributed by atoms with Crippen molar-refractivity contribution in [1.82, 2.24) is 15.5 Å². The summed E-state index contributed by atoms with van der Waals surface area (Å²) in [4.78, 5) is 17.0. The number of urea groups is 1. The third-order valence-electron chi connectivity index (χ3n) is 4.98. The number of para-hydroxylation sites is 1. The van der Waals surface area contributed by atoms with Crippen LogP contribution in [0.2, 0.25) is 0 Å². The molecule has 0 aliphatic heterocycles. The minimum Gasteiger partial charge on any atom is -0.337 e. The Balaban J connectivity index is 1.54. The van der Waals surface area contributed by atoms with Gasteiger partial charge in [0.15, 0.2) is 5.82 Å². The van der Waals surface area contributed by atoms with Crippen LogP contribution in [0.25, 0.3) is 0 Å². The van der Waals surface area contributed by atoms with Crippen LogP contribution < -0.4 is 10.6 Å². The molecule has 2 aromatic rings. The summed E-state index contributed by atoms with van der Waals surface area (Å²) in [6, 6.07) is 5.64. The van der Waals surface area contributed by atoms with Gasteiger partial charge in [-0.05, 0) is 37.8 Å². The van der Waals surface area contributed by atoms with Gasteiger partial charge in [0.25, 0.3) is 5.89 Å². The smallest absolute Gasteiger partial charge is 0.320 e. The highest BCUT2D eigenvalue weighted by molar-refractivity contribution is 5.89. The van der Waals surface area contributed by atoms with Gasteiger partial charge in [-0.25, -0.2) is 9.18 Å². The molecule has 2 saturated carbocycles. The zero-order chi connectivity index (χ0) is 17.3. The van der Waals surface area contributed by atoms with Crippen molar-refractivity contribution in [3.63, 3.8) is 0 Å². The van der Waals surface area contributed by atoms with E-state index in [2.05, 4.69) is 20.8 Å². The van der Waals surface area contributed by atoms with E-state index >= 15 is 0 Å². The number of anilines is 1. The molecule has 2 aliphatic rings. The van der Waals surface area contributed by atoms with Crippen molar-refractivity contribution in [2.75, 3.05) is 5.32 Å². The highest BCUT2D eigenvalue weighted by Gasteiger charge is 2.42. The Bertz CT molecular complexity index is 766. The van der Waals surface area contributed by atoms with Crippen LogP contribution in [0.1, 0.15) is 62.6 Å². The first-order chi connectivity index (χ1) is 12.2. The van der Waals surface area contributed by atoms with E-state index in [0.29, 0.717) is 11.8 Å². The van der Waals surface area contributed by atoms with E-state index in [4.69, 9.17) is 4.52 Å². The second-order valence-corrected chi connectivity index (χ2v) is 6.93. The predicted molar refractivity (Wildman–Crippen MR) is 89.6 cm³/mol. The maximum Gasteiger partial charge on any atom is 0.320 e. The van der Waals surface area contributed by atoms with Crippen LogP contribution in [0.5, 0.6) is 0 Å². The summed E-state index contributed by atoms with van der Waals surface area (Å²) in [5, 5.41) is 9.65. The second-order valence-electron chi connectivity index (χ2n) is 6.93. The zero-order valence-corrected chi connectivity index (χ0v) is 13.9. The lowest BCUT2D eigenvalue weighted by molar-refractivity contribution is 0.173. The predicted octanol–water partition coefficient (Wildman–Crippen LogP) is 4.07. The van der Waals surface area contributed by atoms with Crippen LogP contribution in [-0.4, -0.2) is 16.2 Å². The molecule has 0 atom stereocenters. The van der Waals surface area contributed by atoms with E-state index in [1.165, 1.54) is 12.1 Å². The molecular weight excluding hydrogens is 323 g/mol. The number of hydrogen-bond acceptors (Lipinski definition) is 4. The lowest BCUT2D eigenvalue weighted by Gasteiger charge is -2.34. The maximum atomic E-state index is 13.8. The van der Waals surface area contributed by atoms with Crippen LogP contribution in [0.3, 0.4) is 0 Å². The van der Waals surface area contributed by atoms with Crippen LogP contribution in [0.4, 0.5) is 14.9 Å². The van der Waals surface area contributed by atoms with E-state index in [0.717, 1.165) is 50.8 Å². The third kappa shape index (κ3) is 3.36. The van der Waals surface area contributed by atoms with Crippen molar-refractivity contribution >= 4 is 11.7 Å². The quantitative estimate of drug-likeness (QED) is 0.876. The van der Waals surface area contributed by atoms with Crippen molar-refractivity contribution in [2.45, 2.75) is 56.4 Å². The number of carbonyl (C=O) groups is 1. The Hall–Kier alpha value is -2.44. The normalized spacial score (nSPS) is 19.4. The van der Waals surface area contributed by atoms with Gasteiger partial charge >= 0.3 is 6.03 Å². The number of benzene rings is 1. The van der Waals surface area contributed by atoms with Gasteiger partial charge in [-0.3, -0.25) is 0 Å². The summed E-state index contributed by atoms with van der Waals surface area (Å²) in [5.74, 6) is 1.13. The van der Waals surface area contributed by atoms with E-state index in [1.807, 2.05) is 0 Å². The van der Waals surface area contributed by atoms with Crippen LogP contribution in [0.15, 0.2) is 28.8 Å². The minimum absolute atomic E-state index is 0.148. The van der Waals surface area contributed by atoms with Gasteiger partial charge in [0.2, 0.25) is 0 Å². The highest BCUT2D eigenvalue weighted by atomic mass is 19.1. The second kappa shape index (κ2) is 6.46. The molecular formula is C18H21FN4O2. The Morgan fingerprint density at radius 3 is 2.68 bits per heavy atom. The van der Waals surface area contributed by atoms with Crippen molar-refractivity contribution in [2.24, 2.45) is 0 Å². The van der Waals surface area contributed by atoms with E-state index in [1.54, 1.807) is 12.1 Å². The Morgan fingerprint density at radius 2 is 1.96 bits per heavy atom. The molecule has 6 nitrogen and oxygen atoms in total. The Morgan fingerprint density at radius 1 is 1.20 bits per heavy atom. The fourth-order valence-corrected chi connectivity index (χ4v) is 3.42. The van der Waals surface area contributed by atoms with Crippen LogP contribution in [0, 0.1) is 5.82 Å². The third-order valence-corrected chi connectivity index (χ3v) is 4.98. The number of nitrogens with zero attached hydrogens (tertiary/aromatic N) is 2. The van der Waals surface area contributed by atoms with Gasteiger partial charge in [0.1, 0.15) is 11.4 Å². The lowest BCUT2D eigenvalue weighted by atomic mass is 9.81. The van der Waals surface area contributed by atoms with Crippen molar-refractivity contribution in [3.05, 3.63) is 41.8 Å². The first kappa shape index (κ1) is 16.1. The first-order valence-corrected chi connectivity index (χ1v) is 8.84. The lowest BCUT2D eigenvalue weighted by Crippen LogP contribution is -2.49. The largest absolute Gasteiger partial charge is 0.337 e. The van der Waals surface area contributed by atoms with Gasteiger partial charge in [-0.2, -0.15) is 4.98 Å². The van der Waals surface area contributed by atoms with Gasteiger partial charge < -0.3 is 15.2 Å². The molecule has 1 heterocycles. The average Bonchev–Trinajstić information content (AvgIpc) is 3.34. The summed E-state index contributed by atoms with van der Waals surface area (Å²) in [6.45, 7) is 0. The fraction of sp³-hybridized carbons (Fsp3) is 0.500. The maximum absolute atomic E-state index is 13.8. The summed E-state index contributed by atoms with van der Waals surface area (Å²) in [6.07, 6.45) is 6.72. The topological polar surface area (TPSA) is 80.0 Å². The average molecular weight is 344 g/mol. The van der Waals surface area contributed by atoms with Crippen LogP contribution in [-0.2, 0) is 5.54 Å². The first-order valence-electron chi connectivity index (χ1n) is 8.84. The number of carbonyl (C=O) groups excluding carboxylic acids is 1. The number of hydrogen-bond donors (Lipinski definition) is 2. The van der Waals surface area contributed by atoms with Crippen molar-refractivity contribution in [3.8, 4) is 0 Å². The number of rotatable bonds is 4. The molecule has 2 fully saturated rings. The molecule has 25 heavy (non-hydrogen) atoms. The molecule has 1 aromatic heterocycles. The molecule has 0 bridgehead atoms. The number of nitrogens with one attached hydrogen (secondary N) is 2. The Kier molecular flexibility index (Phi) is 4.15. The van der Waals surface area contributed by atoms with Gasteiger partial charge in [0.05, 0.1) is 5.69 Å². The highest BCUT2D eigenvalue weighted by Crippen LogP contribution is 2.41. The molecule has 0 saturated heterocycles. The zero-order valence-electron chi connectivity index (χ0n) is 13.9. The molecule has 0 radical (unpaired) electrons. The summed E-state index contributed by atoms with van der Waals surface area (Å²) in [7, 11) is 0. The van der Waals surface area contributed by atoms with Gasteiger partial charge in [-0.15, -0.1) is 0 Å². The molecule has 132 valence electrons. The van der Waals surface area contributed by atoms with Gasteiger partial charge in [-0.1, -0.05) is 36.6 Å². The minimum atomic E-state index is -0.673. The number of amides is 2. The molecule has 7 heteroatoms. The van der Waals surface area contributed by atoms with E-state index in [-0.39, 0.29) is 5.69 Å².